The lowest BCUT2D eigenvalue weighted by atomic mass is 10.2. The maximum atomic E-state index is 11.9. The predicted octanol–water partition coefficient (Wildman–Crippen LogP) is 2.65. The molecule has 26 heavy (non-hydrogen) atoms. The molecule has 0 bridgehead atoms. The second-order valence-corrected chi connectivity index (χ2v) is 6.91. The summed E-state index contributed by atoms with van der Waals surface area (Å²) in [6, 6.07) is 3.75. The Kier molecular flexibility index (Phi) is 4.88. The number of hydrogen-bond donors (Lipinski definition) is 2. The summed E-state index contributed by atoms with van der Waals surface area (Å²) in [5, 5.41) is 11.2. The molecule has 2 N–H and O–H groups in total. The van der Waals surface area contributed by atoms with Crippen LogP contribution >= 0.6 is 0 Å². The molecule has 0 saturated heterocycles. The summed E-state index contributed by atoms with van der Waals surface area (Å²) >= 11 is 0. The van der Waals surface area contributed by atoms with Crippen molar-refractivity contribution in [2.24, 2.45) is 0 Å². The maximum absolute atomic E-state index is 11.9. The largest absolute Gasteiger partial charge is 0.444 e. The van der Waals surface area contributed by atoms with Crippen molar-refractivity contribution in [3.8, 4) is 11.6 Å². The minimum Gasteiger partial charge on any atom is -0.444 e. The molecule has 3 aromatic heterocycles. The molecule has 0 aromatic carbocycles. The van der Waals surface area contributed by atoms with Crippen LogP contribution in [0.1, 0.15) is 39.9 Å². The number of nitrogens with one attached hydrogen (secondary N) is 2. The van der Waals surface area contributed by atoms with Crippen LogP contribution in [0.25, 0.3) is 22.8 Å². The monoisotopic (exact) mass is 357 g/mol. The molecule has 138 valence electrons. The Morgan fingerprint density at radius 2 is 2.15 bits per heavy atom. The number of carbonyl (C=O) groups excluding carboxylic acids is 1. The lowest BCUT2D eigenvalue weighted by molar-refractivity contribution is 0.0521. The summed E-state index contributed by atoms with van der Waals surface area (Å²) in [5.41, 5.74) is 0.914. The molecule has 3 rings (SSSR count). The smallest absolute Gasteiger partial charge is 0.408 e. The van der Waals surface area contributed by atoms with Gasteiger partial charge in [-0.3, -0.25) is 0 Å². The first kappa shape index (κ1) is 17.8. The van der Waals surface area contributed by atoms with Gasteiger partial charge in [0.2, 0.25) is 0 Å². The quantitative estimate of drug-likeness (QED) is 0.726. The molecular formula is C17H23N7O2. The molecule has 3 aromatic rings. The highest BCUT2D eigenvalue weighted by molar-refractivity contribution is 5.74. The van der Waals surface area contributed by atoms with E-state index in [1.807, 2.05) is 37.5 Å². The molecule has 0 aliphatic carbocycles. The molecule has 9 nitrogen and oxygen atoms in total. The van der Waals surface area contributed by atoms with Gasteiger partial charge in [0.15, 0.2) is 23.1 Å². The van der Waals surface area contributed by atoms with Crippen molar-refractivity contribution in [3.05, 3.63) is 24.2 Å². The van der Waals surface area contributed by atoms with Crippen molar-refractivity contribution in [2.75, 3.05) is 0 Å². The van der Waals surface area contributed by atoms with E-state index in [9.17, 15) is 4.79 Å². The summed E-state index contributed by atoms with van der Waals surface area (Å²) in [4.78, 5) is 23.8. The van der Waals surface area contributed by atoms with Gasteiger partial charge in [-0.25, -0.2) is 14.8 Å². The third kappa shape index (κ3) is 3.98. The fraction of sp³-hybridized carbons (Fsp3) is 0.471. The molecule has 0 aliphatic heterocycles. The lowest BCUT2D eigenvalue weighted by Gasteiger charge is -2.19. The highest BCUT2D eigenvalue weighted by Gasteiger charge is 2.19. The van der Waals surface area contributed by atoms with E-state index in [-0.39, 0.29) is 6.54 Å². The first-order valence-electron chi connectivity index (χ1n) is 8.57. The molecule has 0 fully saturated rings. The molecule has 3 heterocycles. The molecule has 0 aliphatic rings. The van der Waals surface area contributed by atoms with Gasteiger partial charge < -0.3 is 19.6 Å². The maximum Gasteiger partial charge on any atom is 0.408 e. The highest BCUT2D eigenvalue weighted by atomic mass is 16.6. The molecule has 9 heteroatoms. The predicted molar refractivity (Wildman–Crippen MR) is 96.3 cm³/mol. The minimum atomic E-state index is -0.548. The first-order valence-corrected chi connectivity index (χ1v) is 8.57. The van der Waals surface area contributed by atoms with E-state index in [2.05, 4.69) is 37.4 Å². The summed E-state index contributed by atoms with van der Waals surface area (Å²) < 4.78 is 7.20. The van der Waals surface area contributed by atoms with Crippen molar-refractivity contribution < 1.29 is 9.53 Å². The number of alkyl carbamates (subject to hydrolysis) is 1. The average molecular weight is 357 g/mol. The Balaban J connectivity index is 1.83. The lowest BCUT2D eigenvalue weighted by Crippen LogP contribution is -2.32. The van der Waals surface area contributed by atoms with E-state index in [0.717, 1.165) is 11.9 Å². The van der Waals surface area contributed by atoms with E-state index in [1.165, 1.54) is 0 Å². The molecular weight excluding hydrogens is 334 g/mol. The van der Waals surface area contributed by atoms with Gasteiger partial charge in [0.25, 0.3) is 0 Å². The molecule has 0 saturated carbocycles. The van der Waals surface area contributed by atoms with Gasteiger partial charge in [-0.05, 0) is 39.3 Å². The fourth-order valence-corrected chi connectivity index (χ4v) is 2.52. The SMILES string of the molecule is CCCn1c(CNC(=O)OC(C)(C)C)nnc1-c1nc2ncccc2[nH]1. The van der Waals surface area contributed by atoms with Crippen LogP contribution in [0, 0.1) is 0 Å². The van der Waals surface area contributed by atoms with Crippen LogP contribution in [-0.4, -0.2) is 41.4 Å². The van der Waals surface area contributed by atoms with Crippen molar-refractivity contribution in [1.29, 1.82) is 0 Å². The Labute approximate surface area is 151 Å². The number of imidazole rings is 1. The van der Waals surface area contributed by atoms with Gasteiger partial charge in [-0.15, -0.1) is 10.2 Å². The van der Waals surface area contributed by atoms with Gasteiger partial charge in [-0.2, -0.15) is 0 Å². The summed E-state index contributed by atoms with van der Waals surface area (Å²) in [6.07, 6.45) is 2.10. The molecule has 0 radical (unpaired) electrons. The topological polar surface area (TPSA) is 111 Å². The number of aromatic amines is 1. The van der Waals surface area contributed by atoms with Crippen molar-refractivity contribution in [3.63, 3.8) is 0 Å². The average Bonchev–Trinajstić information content (AvgIpc) is 3.15. The molecule has 1 amide bonds. The standard InChI is InChI=1S/C17H23N7O2/c1-5-9-24-12(10-19-16(25)26-17(2,3)4)22-23-15(24)14-20-11-7-6-8-18-13(11)21-14/h6-8H,5,9-10H2,1-4H3,(H,19,25)(H,18,20,21). The van der Waals surface area contributed by atoms with Gasteiger partial charge in [0.1, 0.15) is 5.60 Å². The van der Waals surface area contributed by atoms with Gasteiger partial charge >= 0.3 is 6.09 Å². The second-order valence-electron chi connectivity index (χ2n) is 6.91. The van der Waals surface area contributed by atoms with E-state index in [1.54, 1.807) is 6.20 Å². The third-order valence-electron chi connectivity index (χ3n) is 3.53. The van der Waals surface area contributed by atoms with Gasteiger partial charge in [0.05, 0.1) is 12.1 Å². The number of nitrogens with zero attached hydrogens (tertiary/aromatic N) is 5. The summed E-state index contributed by atoms with van der Waals surface area (Å²) in [6.45, 7) is 8.45. The summed E-state index contributed by atoms with van der Waals surface area (Å²) in [5.74, 6) is 1.86. The number of rotatable bonds is 5. The number of fused-ring (bicyclic) bond motifs is 1. The van der Waals surface area contributed by atoms with Crippen molar-refractivity contribution >= 4 is 17.3 Å². The van der Waals surface area contributed by atoms with Crippen molar-refractivity contribution in [2.45, 2.75) is 52.8 Å². The van der Waals surface area contributed by atoms with E-state index in [4.69, 9.17) is 4.74 Å². The van der Waals surface area contributed by atoms with Crippen LogP contribution in [0.15, 0.2) is 18.3 Å². The Hall–Kier alpha value is -2.97. The van der Waals surface area contributed by atoms with E-state index in [0.29, 0.717) is 29.7 Å². The third-order valence-corrected chi connectivity index (χ3v) is 3.53. The summed E-state index contributed by atoms with van der Waals surface area (Å²) in [7, 11) is 0. The molecule has 0 unspecified atom stereocenters. The second kappa shape index (κ2) is 7.11. The number of pyridine rings is 1. The van der Waals surface area contributed by atoms with Gasteiger partial charge in [0, 0.05) is 12.7 Å². The molecule has 0 spiro atoms. The number of aromatic nitrogens is 6. The minimum absolute atomic E-state index is 0.223. The number of ether oxygens (including phenoxy) is 1. The zero-order valence-electron chi connectivity index (χ0n) is 15.4. The number of carbonyl (C=O) groups is 1. The number of H-pyrrole nitrogens is 1. The highest BCUT2D eigenvalue weighted by Crippen LogP contribution is 2.19. The van der Waals surface area contributed by atoms with E-state index < -0.39 is 11.7 Å². The normalized spacial score (nSPS) is 11.7. The number of amides is 1. The van der Waals surface area contributed by atoms with E-state index >= 15 is 0 Å². The van der Waals surface area contributed by atoms with Crippen LogP contribution < -0.4 is 5.32 Å². The first-order chi connectivity index (χ1) is 12.4. The Morgan fingerprint density at radius 1 is 1.35 bits per heavy atom. The van der Waals surface area contributed by atoms with Crippen LogP contribution in [0.4, 0.5) is 4.79 Å². The zero-order valence-corrected chi connectivity index (χ0v) is 15.4. The van der Waals surface area contributed by atoms with Crippen molar-refractivity contribution in [1.82, 2.24) is 35.0 Å². The number of hydrogen-bond acceptors (Lipinski definition) is 6. The molecule has 0 atom stereocenters. The fourth-order valence-electron chi connectivity index (χ4n) is 2.52. The van der Waals surface area contributed by atoms with Crippen LogP contribution in [0.5, 0.6) is 0 Å². The Bertz CT molecular complexity index is 874. The van der Waals surface area contributed by atoms with Crippen LogP contribution in [0.2, 0.25) is 0 Å². The Morgan fingerprint density at radius 3 is 2.85 bits per heavy atom. The van der Waals surface area contributed by atoms with Gasteiger partial charge in [-0.1, -0.05) is 6.92 Å². The zero-order chi connectivity index (χ0) is 18.7. The van der Waals surface area contributed by atoms with Crippen LogP contribution in [-0.2, 0) is 17.8 Å². The van der Waals surface area contributed by atoms with Crippen LogP contribution in [0.3, 0.4) is 0 Å².